The SMILES string of the molecule is CCOc1ccc(C2/C(=C(\O)c3cc(Cl)ccc3OC)C(=O)C(=O)N2c2ccc(Cl)cc2)cc1. The first-order valence-corrected chi connectivity index (χ1v) is 11.2. The number of methoxy groups -OCH3 is 1. The standard InChI is InChI=1S/C26H21Cl2NO5/c1-3-34-19-11-4-15(5-12-19)23-22(24(30)20-14-17(28)8-13-21(20)33-2)25(31)26(32)29(23)18-9-6-16(27)7-10-18/h4-14,23,30H,3H2,1-2H3/b24-22+. The van der Waals surface area contributed by atoms with Gasteiger partial charge in [0.25, 0.3) is 11.7 Å². The van der Waals surface area contributed by atoms with Crippen LogP contribution in [-0.2, 0) is 9.59 Å². The Kier molecular flexibility index (Phi) is 6.82. The Morgan fingerprint density at radius 2 is 1.62 bits per heavy atom. The van der Waals surface area contributed by atoms with E-state index in [1.165, 1.54) is 18.1 Å². The summed E-state index contributed by atoms with van der Waals surface area (Å²) in [7, 11) is 1.44. The Hall–Kier alpha value is -3.48. The van der Waals surface area contributed by atoms with Crippen molar-refractivity contribution < 1.29 is 24.2 Å². The van der Waals surface area contributed by atoms with Crippen LogP contribution in [0.4, 0.5) is 5.69 Å². The maximum absolute atomic E-state index is 13.3. The molecule has 1 saturated heterocycles. The number of ether oxygens (including phenoxy) is 2. The van der Waals surface area contributed by atoms with Gasteiger partial charge >= 0.3 is 0 Å². The minimum atomic E-state index is -0.902. The number of aliphatic hydroxyl groups is 1. The third kappa shape index (κ3) is 4.34. The smallest absolute Gasteiger partial charge is 0.300 e. The number of ketones is 1. The number of rotatable bonds is 6. The molecular weight excluding hydrogens is 477 g/mol. The van der Waals surface area contributed by atoms with Crippen molar-refractivity contribution in [1.82, 2.24) is 0 Å². The summed E-state index contributed by atoms with van der Waals surface area (Å²) in [6.07, 6.45) is 0. The molecule has 3 aromatic carbocycles. The van der Waals surface area contributed by atoms with Crippen molar-refractivity contribution in [3.63, 3.8) is 0 Å². The van der Waals surface area contributed by atoms with Gasteiger partial charge in [-0.2, -0.15) is 0 Å². The summed E-state index contributed by atoms with van der Waals surface area (Å²) in [6, 6.07) is 17.3. The van der Waals surface area contributed by atoms with Crippen LogP contribution in [0.2, 0.25) is 10.0 Å². The number of carbonyl (C=O) groups is 2. The lowest BCUT2D eigenvalue weighted by atomic mass is 9.94. The molecule has 1 atom stereocenters. The Morgan fingerprint density at radius 3 is 2.24 bits per heavy atom. The highest BCUT2D eigenvalue weighted by Gasteiger charge is 2.47. The van der Waals surface area contributed by atoms with Crippen molar-refractivity contribution in [2.45, 2.75) is 13.0 Å². The lowest BCUT2D eigenvalue weighted by Crippen LogP contribution is -2.29. The maximum atomic E-state index is 13.3. The highest BCUT2D eigenvalue weighted by Crippen LogP contribution is 2.44. The minimum Gasteiger partial charge on any atom is -0.507 e. The molecule has 1 N–H and O–H groups in total. The monoisotopic (exact) mass is 497 g/mol. The second-order valence-electron chi connectivity index (χ2n) is 7.49. The van der Waals surface area contributed by atoms with Crippen LogP contribution in [0.5, 0.6) is 11.5 Å². The van der Waals surface area contributed by atoms with Crippen molar-refractivity contribution in [2.75, 3.05) is 18.6 Å². The fraction of sp³-hybridized carbons (Fsp3) is 0.154. The van der Waals surface area contributed by atoms with Crippen molar-refractivity contribution in [3.8, 4) is 11.5 Å². The van der Waals surface area contributed by atoms with Crippen LogP contribution in [0, 0.1) is 0 Å². The van der Waals surface area contributed by atoms with Gasteiger partial charge in [-0.15, -0.1) is 0 Å². The molecule has 4 rings (SSSR count). The van der Waals surface area contributed by atoms with Gasteiger partial charge in [0, 0.05) is 15.7 Å². The molecule has 0 aromatic heterocycles. The summed E-state index contributed by atoms with van der Waals surface area (Å²) in [5.41, 5.74) is 1.20. The van der Waals surface area contributed by atoms with E-state index in [0.717, 1.165) is 0 Å². The van der Waals surface area contributed by atoms with Crippen LogP contribution >= 0.6 is 23.2 Å². The summed E-state index contributed by atoms with van der Waals surface area (Å²) in [5.74, 6) is -1.03. The average molecular weight is 498 g/mol. The molecule has 1 heterocycles. The Bertz CT molecular complexity index is 1270. The molecule has 174 valence electrons. The Morgan fingerprint density at radius 1 is 0.971 bits per heavy atom. The fourth-order valence-corrected chi connectivity index (χ4v) is 4.24. The summed E-state index contributed by atoms with van der Waals surface area (Å²) in [6.45, 7) is 2.37. The highest BCUT2D eigenvalue weighted by atomic mass is 35.5. The van der Waals surface area contributed by atoms with Crippen LogP contribution < -0.4 is 14.4 Å². The molecule has 1 aliphatic rings. The molecule has 8 heteroatoms. The number of anilines is 1. The number of benzene rings is 3. The maximum Gasteiger partial charge on any atom is 0.300 e. The third-order valence-electron chi connectivity index (χ3n) is 5.47. The molecule has 1 fully saturated rings. The van der Waals surface area contributed by atoms with Crippen LogP contribution in [0.3, 0.4) is 0 Å². The van der Waals surface area contributed by atoms with Crippen LogP contribution in [-0.4, -0.2) is 30.5 Å². The van der Waals surface area contributed by atoms with E-state index in [1.807, 2.05) is 6.92 Å². The molecule has 34 heavy (non-hydrogen) atoms. The van der Waals surface area contributed by atoms with Gasteiger partial charge in [-0.1, -0.05) is 35.3 Å². The first-order valence-electron chi connectivity index (χ1n) is 10.5. The summed E-state index contributed by atoms with van der Waals surface area (Å²) in [5, 5.41) is 12.1. The zero-order valence-corrected chi connectivity index (χ0v) is 19.9. The van der Waals surface area contributed by atoms with Gasteiger partial charge in [0.1, 0.15) is 17.3 Å². The normalized spacial score (nSPS) is 17.2. The minimum absolute atomic E-state index is 0.0790. The zero-order valence-electron chi connectivity index (χ0n) is 18.4. The third-order valence-corrected chi connectivity index (χ3v) is 5.96. The lowest BCUT2D eigenvalue weighted by molar-refractivity contribution is -0.132. The van der Waals surface area contributed by atoms with Crippen molar-refractivity contribution >= 4 is 46.3 Å². The van der Waals surface area contributed by atoms with E-state index < -0.39 is 17.7 Å². The van der Waals surface area contributed by atoms with E-state index in [0.29, 0.717) is 39.4 Å². The lowest BCUT2D eigenvalue weighted by Gasteiger charge is -2.25. The molecule has 0 aliphatic carbocycles. The molecule has 0 bridgehead atoms. The van der Waals surface area contributed by atoms with Gasteiger partial charge in [0.2, 0.25) is 0 Å². The molecule has 6 nitrogen and oxygen atoms in total. The largest absolute Gasteiger partial charge is 0.507 e. The van der Waals surface area contributed by atoms with Gasteiger partial charge in [-0.05, 0) is 67.1 Å². The number of carbonyl (C=O) groups excluding carboxylic acids is 2. The molecule has 0 spiro atoms. The van der Waals surface area contributed by atoms with E-state index in [1.54, 1.807) is 60.7 Å². The molecule has 0 radical (unpaired) electrons. The van der Waals surface area contributed by atoms with Gasteiger partial charge in [-0.25, -0.2) is 0 Å². The number of hydrogen-bond acceptors (Lipinski definition) is 5. The number of aliphatic hydroxyl groups excluding tert-OH is 1. The van der Waals surface area contributed by atoms with E-state index in [4.69, 9.17) is 32.7 Å². The van der Waals surface area contributed by atoms with Gasteiger partial charge in [0.05, 0.1) is 30.9 Å². The van der Waals surface area contributed by atoms with E-state index in [9.17, 15) is 14.7 Å². The fourth-order valence-electron chi connectivity index (χ4n) is 3.94. The number of amides is 1. The highest BCUT2D eigenvalue weighted by molar-refractivity contribution is 6.51. The van der Waals surface area contributed by atoms with Crippen molar-refractivity contribution in [3.05, 3.63) is 93.5 Å². The van der Waals surface area contributed by atoms with Crippen LogP contribution in [0.25, 0.3) is 5.76 Å². The zero-order chi connectivity index (χ0) is 24.4. The molecule has 1 unspecified atom stereocenters. The van der Waals surface area contributed by atoms with Crippen molar-refractivity contribution in [2.24, 2.45) is 0 Å². The quantitative estimate of drug-likeness (QED) is 0.255. The second kappa shape index (κ2) is 9.79. The summed E-state index contributed by atoms with van der Waals surface area (Å²) >= 11 is 12.2. The molecule has 1 amide bonds. The van der Waals surface area contributed by atoms with Gasteiger partial charge in [0.15, 0.2) is 0 Å². The molecular formula is C26H21Cl2NO5. The van der Waals surface area contributed by atoms with Gasteiger partial charge < -0.3 is 14.6 Å². The Balaban J connectivity index is 1.94. The topological polar surface area (TPSA) is 76.1 Å². The number of hydrogen-bond donors (Lipinski definition) is 1. The first kappa shape index (κ1) is 23.7. The van der Waals surface area contributed by atoms with E-state index >= 15 is 0 Å². The number of nitrogens with zero attached hydrogens (tertiary/aromatic N) is 1. The predicted octanol–water partition coefficient (Wildman–Crippen LogP) is 6.03. The summed E-state index contributed by atoms with van der Waals surface area (Å²) < 4.78 is 10.9. The number of Topliss-reactive ketones (excluding diaryl/α,β-unsaturated/α-hetero) is 1. The molecule has 0 saturated carbocycles. The van der Waals surface area contributed by atoms with Crippen LogP contribution in [0.1, 0.15) is 24.1 Å². The first-order chi connectivity index (χ1) is 16.3. The average Bonchev–Trinajstić information content (AvgIpc) is 3.10. The summed E-state index contributed by atoms with van der Waals surface area (Å²) in [4.78, 5) is 27.8. The molecule has 1 aliphatic heterocycles. The Labute approximate surface area is 206 Å². The second-order valence-corrected chi connectivity index (χ2v) is 8.37. The number of halogens is 2. The van der Waals surface area contributed by atoms with E-state index in [2.05, 4.69) is 0 Å². The van der Waals surface area contributed by atoms with Gasteiger partial charge in [-0.3, -0.25) is 14.5 Å². The molecule has 3 aromatic rings. The predicted molar refractivity (Wildman–Crippen MR) is 132 cm³/mol. The van der Waals surface area contributed by atoms with Crippen molar-refractivity contribution in [1.29, 1.82) is 0 Å². The van der Waals surface area contributed by atoms with Crippen LogP contribution in [0.15, 0.2) is 72.3 Å². The van der Waals surface area contributed by atoms with E-state index in [-0.39, 0.29) is 16.9 Å².